The Balaban J connectivity index is 2.34. The molecular weight excluding hydrogens is 192 g/mol. The topological polar surface area (TPSA) is 20.2 Å². The Hall–Kier alpha value is -0.470. The van der Waals surface area contributed by atoms with Gasteiger partial charge >= 0.3 is 0 Å². The van der Waals surface area contributed by atoms with Crippen LogP contribution >= 0.6 is 11.8 Å². The molecule has 1 saturated heterocycles. The molecule has 1 aliphatic rings. The van der Waals surface area contributed by atoms with E-state index in [9.17, 15) is 5.11 Å². The molecule has 14 heavy (non-hydrogen) atoms. The number of thioether (sulfide) groups is 1. The predicted octanol–water partition coefficient (Wildman–Crippen LogP) is 2.71. The van der Waals surface area contributed by atoms with Crippen molar-refractivity contribution in [1.82, 2.24) is 0 Å². The third-order valence-electron chi connectivity index (χ3n) is 3.08. The number of aryl methyl sites for hydroxylation is 1. The summed E-state index contributed by atoms with van der Waals surface area (Å²) < 4.78 is 0. The van der Waals surface area contributed by atoms with Crippen LogP contribution in [0.1, 0.15) is 24.5 Å². The highest BCUT2D eigenvalue weighted by Crippen LogP contribution is 2.42. The van der Waals surface area contributed by atoms with Crippen LogP contribution in [0.5, 0.6) is 0 Å². The quantitative estimate of drug-likeness (QED) is 0.765. The second-order valence-corrected chi connectivity index (χ2v) is 5.50. The lowest BCUT2D eigenvalue weighted by atomic mass is 9.88. The standard InChI is InChI=1S/C12H16OS/c1-9-3-5-11(6-4-9)12(13)7-8-14-10(12)2/h3-6,10,13H,7-8H2,1-2H3. The van der Waals surface area contributed by atoms with Crippen molar-refractivity contribution in [3.05, 3.63) is 35.4 Å². The molecule has 1 nitrogen and oxygen atoms in total. The highest BCUT2D eigenvalue weighted by Gasteiger charge is 2.40. The molecule has 2 heteroatoms. The van der Waals surface area contributed by atoms with Gasteiger partial charge in [-0.3, -0.25) is 0 Å². The fourth-order valence-electron chi connectivity index (χ4n) is 1.95. The van der Waals surface area contributed by atoms with Crippen LogP contribution in [0.4, 0.5) is 0 Å². The lowest BCUT2D eigenvalue weighted by Crippen LogP contribution is -2.31. The third kappa shape index (κ3) is 1.57. The largest absolute Gasteiger partial charge is 0.384 e. The molecule has 0 spiro atoms. The predicted molar refractivity (Wildman–Crippen MR) is 61.6 cm³/mol. The highest BCUT2D eigenvalue weighted by molar-refractivity contribution is 8.00. The Bertz CT molecular complexity index is 320. The van der Waals surface area contributed by atoms with Crippen molar-refractivity contribution in [1.29, 1.82) is 0 Å². The molecule has 0 aliphatic carbocycles. The first-order chi connectivity index (χ1) is 6.63. The molecule has 2 atom stereocenters. The van der Waals surface area contributed by atoms with Crippen LogP contribution in [-0.2, 0) is 5.60 Å². The van der Waals surface area contributed by atoms with Gasteiger partial charge in [-0.1, -0.05) is 36.8 Å². The molecule has 0 aromatic heterocycles. The Morgan fingerprint density at radius 2 is 2.00 bits per heavy atom. The van der Waals surface area contributed by atoms with Gasteiger partial charge in [0.2, 0.25) is 0 Å². The fraction of sp³-hybridized carbons (Fsp3) is 0.500. The minimum Gasteiger partial charge on any atom is -0.384 e. The summed E-state index contributed by atoms with van der Waals surface area (Å²) in [5.41, 5.74) is 1.72. The lowest BCUT2D eigenvalue weighted by molar-refractivity contribution is 0.0427. The molecule has 0 saturated carbocycles. The van der Waals surface area contributed by atoms with Crippen LogP contribution in [0.2, 0.25) is 0 Å². The van der Waals surface area contributed by atoms with Crippen LogP contribution in [0.15, 0.2) is 24.3 Å². The van der Waals surface area contributed by atoms with Gasteiger partial charge in [-0.05, 0) is 24.7 Å². The van der Waals surface area contributed by atoms with Gasteiger partial charge in [0.05, 0.1) is 0 Å². The molecule has 1 fully saturated rings. The summed E-state index contributed by atoms with van der Waals surface area (Å²) in [5, 5.41) is 10.8. The fourth-order valence-corrected chi connectivity index (χ4v) is 3.27. The number of rotatable bonds is 1. The van der Waals surface area contributed by atoms with Crippen LogP contribution in [-0.4, -0.2) is 16.1 Å². The number of hydrogen-bond donors (Lipinski definition) is 1. The summed E-state index contributed by atoms with van der Waals surface area (Å²) in [6, 6.07) is 8.25. The molecule has 76 valence electrons. The van der Waals surface area contributed by atoms with Gasteiger partial charge in [-0.25, -0.2) is 0 Å². The van der Waals surface area contributed by atoms with Gasteiger partial charge in [0.1, 0.15) is 5.60 Å². The van der Waals surface area contributed by atoms with Crippen molar-refractivity contribution in [2.45, 2.75) is 31.1 Å². The van der Waals surface area contributed by atoms with E-state index < -0.39 is 5.60 Å². The van der Waals surface area contributed by atoms with E-state index >= 15 is 0 Å². The zero-order valence-electron chi connectivity index (χ0n) is 8.66. The number of hydrogen-bond acceptors (Lipinski definition) is 2. The van der Waals surface area contributed by atoms with Gasteiger partial charge in [-0.2, -0.15) is 11.8 Å². The van der Waals surface area contributed by atoms with Gasteiger partial charge in [0.25, 0.3) is 0 Å². The molecule has 2 unspecified atom stereocenters. The molecule has 0 amide bonds. The summed E-state index contributed by atoms with van der Waals surface area (Å²) >= 11 is 1.85. The van der Waals surface area contributed by atoms with Crippen LogP contribution in [0.25, 0.3) is 0 Å². The molecule has 2 rings (SSSR count). The molecule has 0 radical (unpaired) electrons. The molecule has 1 aliphatic heterocycles. The van der Waals surface area contributed by atoms with Crippen LogP contribution in [0, 0.1) is 6.92 Å². The van der Waals surface area contributed by atoms with Gasteiger partial charge in [0.15, 0.2) is 0 Å². The van der Waals surface area contributed by atoms with Crippen LogP contribution < -0.4 is 0 Å². The minimum absolute atomic E-state index is 0.310. The van der Waals surface area contributed by atoms with E-state index in [4.69, 9.17) is 0 Å². The minimum atomic E-state index is -0.599. The summed E-state index contributed by atoms with van der Waals surface area (Å²) in [6.07, 6.45) is 0.877. The molecule has 1 heterocycles. The van der Waals surface area contributed by atoms with Crippen molar-refractivity contribution in [2.75, 3.05) is 5.75 Å². The molecule has 1 N–H and O–H groups in total. The van der Waals surface area contributed by atoms with Crippen molar-refractivity contribution in [3.63, 3.8) is 0 Å². The Labute approximate surface area is 89.5 Å². The smallest absolute Gasteiger partial charge is 0.102 e. The van der Waals surface area contributed by atoms with E-state index in [1.54, 1.807) is 0 Å². The first-order valence-electron chi connectivity index (χ1n) is 5.04. The lowest BCUT2D eigenvalue weighted by Gasteiger charge is -2.27. The summed E-state index contributed by atoms with van der Waals surface area (Å²) in [7, 11) is 0. The van der Waals surface area contributed by atoms with Gasteiger partial charge < -0.3 is 5.11 Å². The maximum atomic E-state index is 10.5. The van der Waals surface area contributed by atoms with E-state index in [2.05, 4.69) is 38.1 Å². The average Bonchev–Trinajstić information content (AvgIpc) is 2.49. The van der Waals surface area contributed by atoms with Crippen molar-refractivity contribution >= 4 is 11.8 Å². The summed E-state index contributed by atoms with van der Waals surface area (Å²) in [5.74, 6) is 1.06. The van der Waals surface area contributed by atoms with Crippen molar-refractivity contribution < 1.29 is 5.11 Å². The van der Waals surface area contributed by atoms with Crippen molar-refractivity contribution in [2.24, 2.45) is 0 Å². The molecule has 1 aromatic rings. The Kier molecular flexibility index (Phi) is 2.58. The maximum Gasteiger partial charge on any atom is 0.102 e. The Morgan fingerprint density at radius 3 is 2.50 bits per heavy atom. The first kappa shape index (κ1) is 10.1. The molecular formula is C12H16OS. The second-order valence-electron chi connectivity index (χ2n) is 4.05. The van der Waals surface area contributed by atoms with E-state index in [0.717, 1.165) is 17.7 Å². The zero-order chi connectivity index (χ0) is 10.2. The first-order valence-corrected chi connectivity index (χ1v) is 6.09. The van der Waals surface area contributed by atoms with E-state index in [1.807, 2.05) is 11.8 Å². The number of benzene rings is 1. The molecule has 1 aromatic carbocycles. The SMILES string of the molecule is Cc1ccc(C2(O)CCSC2C)cc1. The third-order valence-corrected chi connectivity index (χ3v) is 4.40. The summed E-state index contributed by atoms with van der Waals surface area (Å²) in [6.45, 7) is 4.18. The normalized spacial score (nSPS) is 32.1. The van der Waals surface area contributed by atoms with Crippen molar-refractivity contribution in [3.8, 4) is 0 Å². The van der Waals surface area contributed by atoms with Gasteiger partial charge in [0, 0.05) is 5.25 Å². The second kappa shape index (κ2) is 3.59. The zero-order valence-corrected chi connectivity index (χ0v) is 9.47. The highest BCUT2D eigenvalue weighted by atomic mass is 32.2. The maximum absolute atomic E-state index is 10.5. The Morgan fingerprint density at radius 1 is 1.36 bits per heavy atom. The number of aliphatic hydroxyl groups is 1. The monoisotopic (exact) mass is 208 g/mol. The molecule has 0 bridgehead atoms. The summed E-state index contributed by atoms with van der Waals surface area (Å²) in [4.78, 5) is 0. The van der Waals surface area contributed by atoms with E-state index in [0.29, 0.717) is 5.25 Å². The van der Waals surface area contributed by atoms with Gasteiger partial charge in [-0.15, -0.1) is 0 Å². The van der Waals surface area contributed by atoms with E-state index in [1.165, 1.54) is 5.56 Å². The van der Waals surface area contributed by atoms with Crippen LogP contribution in [0.3, 0.4) is 0 Å². The van der Waals surface area contributed by atoms with E-state index in [-0.39, 0.29) is 0 Å². The average molecular weight is 208 g/mol.